The number of hydrogen-bond donors (Lipinski definition) is 0. The van der Waals surface area contributed by atoms with Crippen molar-refractivity contribution in [1.82, 2.24) is 14.8 Å². The van der Waals surface area contributed by atoms with Gasteiger partial charge in [0, 0.05) is 6.42 Å². The fourth-order valence-electron chi connectivity index (χ4n) is 3.02. The van der Waals surface area contributed by atoms with E-state index in [4.69, 9.17) is 0 Å². The molecule has 0 bridgehead atoms. The number of halogens is 2. The molecule has 1 fully saturated rings. The van der Waals surface area contributed by atoms with E-state index in [1.807, 2.05) is 30.3 Å². The van der Waals surface area contributed by atoms with Crippen molar-refractivity contribution in [2.75, 3.05) is 0 Å². The molecule has 1 aliphatic heterocycles. The van der Waals surface area contributed by atoms with Crippen LogP contribution in [0.5, 0.6) is 0 Å². The highest BCUT2D eigenvalue weighted by atomic mass is 19.1. The van der Waals surface area contributed by atoms with Crippen molar-refractivity contribution in [3.05, 3.63) is 47.5 Å². The standard InChI is InChI=1S/C16H15F2N3O/c17-12-8-11(12)14(22)15-19-16-13(18)7-10(21(16)20-15)6-9-4-2-1-3-5-9/h1-5,10-13H,6-8H2/t10-,11-,12+,13+/m0/s1. The van der Waals surface area contributed by atoms with Gasteiger partial charge in [-0.15, -0.1) is 5.10 Å². The van der Waals surface area contributed by atoms with E-state index in [1.165, 1.54) is 4.68 Å². The molecule has 114 valence electrons. The molecule has 2 aliphatic rings. The SMILES string of the molecule is O=C(c1nc2n(n1)[C@@H](Cc1ccccc1)C[C@H]2F)[C@H]1C[C@H]1F. The highest BCUT2D eigenvalue weighted by Gasteiger charge is 2.46. The molecule has 0 spiro atoms. The second-order valence-electron chi connectivity index (χ2n) is 6.01. The smallest absolute Gasteiger partial charge is 0.218 e. The molecule has 6 heteroatoms. The lowest BCUT2D eigenvalue weighted by atomic mass is 10.0. The Morgan fingerprint density at radius 3 is 2.64 bits per heavy atom. The van der Waals surface area contributed by atoms with Gasteiger partial charge >= 0.3 is 0 Å². The van der Waals surface area contributed by atoms with Gasteiger partial charge < -0.3 is 0 Å². The Kier molecular flexibility index (Phi) is 3.06. The van der Waals surface area contributed by atoms with Gasteiger partial charge in [0.05, 0.1) is 12.0 Å². The minimum Gasteiger partial charge on any atom is -0.290 e. The number of rotatable bonds is 4. The Hall–Kier alpha value is -2.11. The maximum Gasteiger partial charge on any atom is 0.218 e. The molecule has 0 amide bonds. The number of alkyl halides is 2. The summed E-state index contributed by atoms with van der Waals surface area (Å²) in [7, 11) is 0. The molecule has 1 saturated carbocycles. The summed E-state index contributed by atoms with van der Waals surface area (Å²) < 4.78 is 28.6. The first-order valence-electron chi connectivity index (χ1n) is 7.46. The molecule has 0 saturated heterocycles. The predicted octanol–water partition coefficient (Wildman–Crippen LogP) is 3.02. The number of aromatic nitrogens is 3. The van der Waals surface area contributed by atoms with Crippen LogP contribution in [0.15, 0.2) is 30.3 Å². The lowest BCUT2D eigenvalue weighted by Gasteiger charge is -2.11. The average Bonchev–Trinajstić information content (AvgIpc) is 2.96. The Morgan fingerprint density at radius 2 is 1.95 bits per heavy atom. The van der Waals surface area contributed by atoms with Crippen molar-refractivity contribution in [1.29, 1.82) is 0 Å². The van der Waals surface area contributed by atoms with Crippen molar-refractivity contribution >= 4 is 5.78 Å². The van der Waals surface area contributed by atoms with Crippen LogP contribution >= 0.6 is 0 Å². The Morgan fingerprint density at radius 1 is 1.23 bits per heavy atom. The average molecular weight is 303 g/mol. The second-order valence-corrected chi connectivity index (χ2v) is 6.01. The zero-order valence-electron chi connectivity index (χ0n) is 11.8. The summed E-state index contributed by atoms with van der Waals surface area (Å²) in [5.41, 5.74) is 1.09. The molecule has 1 aliphatic carbocycles. The van der Waals surface area contributed by atoms with Gasteiger partial charge in [0.15, 0.2) is 12.0 Å². The maximum absolute atomic E-state index is 14.1. The number of carbonyl (C=O) groups excluding carboxylic acids is 1. The molecule has 1 aromatic heterocycles. The monoisotopic (exact) mass is 303 g/mol. The lowest BCUT2D eigenvalue weighted by Crippen LogP contribution is -2.12. The van der Waals surface area contributed by atoms with Crippen LogP contribution in [0.2, 0.25) is 0 Å². The highest BCUT2D eigenvalue weighted by Crippen LogP contribution is 2.39. The topological polar surface area (TPSA) is 47.8 Å². The maximum atomic E-state index is 14.1. The van der Waals surface area contributed by atoms with Gasteiger partial charge in [0.25, 0.3) is 0 Å². The number of nitrogens with zero attached hydrogens (tertiary/aromatic N) is 3. The first-order valence-corrected chi connectivity index (χ1v) is 7.46. The first kappa shape index (κ1) is 13.5. The summed E-state index contributed by atoms with van der Waals surface area (Å²) in [5.74, 6) is -0.880. The zero-order valence-corrected chi connectivity index (χ0v) is 11.8. The van der Waals surface area contributed by atoms with Crippen LogP contribution < -0.4 is 0 Å². The molecule has 4 rings (SSSR count). The Balaban J connectivity index is 1.59. The minimum absolute atomic E-state index is 0.0411. The lowest BCUT2D eigenvalue weighted by molar-refractivity contribution is 0.0946. The minimum atomic E-state index is -1.22. The van der Waals surface area contributed by atoms with Gasteiger partial charge in [-0.1, -0.05) is 30.3 Å². The summed E-state index contributed by atoms with van der Waals surface area (Å²) >= 11 is 0. The molecule has 1 aromatic carbocycles. The molecule has 0 unspecified atom stereocenters. The fourth-order valence-corrected chi connectivity index (χ4v) is 3.02. The highest BCUT2D eigenvalue weighted by molar-refractivity contribution is 5.96. The molecule has 0 radical (unpaired) electrons. The van der Waals surface area contributed by atoms with Crippen LogP contribution in [0, 0.1) is 5.92 Å². The van der Waals surface area contributed by atoms with E-state index in [2.05, 4.69) is 10.1 Å². The molecular formula is C16H15F2N3O. The second kappa shape index (κ2) is 4.97. The third-order valence-electron chi connectivity index (χ3n) is 4.35. The normalized spacial score (nSPS) is 29.4. The van der Waals surface area contributed by atoms with Crippen molar-refractivity contribution in [3.63, 3.8) is 0 Å². The van der Waals surface area contributed by atoms with Crippen LogP contribution in [-0.4, -0.2) is 26.7 Å². The zero-order chi connectivity index (χ0) is 15.3. The molecule has 4 nitrogen and oxygen atoms in total. The molecule has 2 aromatic rings. The summed E-state index contributed by atoms with van der Waals surface area (Å²) in [6.07, 6.45) is -1.13. The molecular weight excluding hydrogens is 288 g/mol. The van der Waals surface area contributed by atoms with E-state index in [-0.39, 0.29) is 24.1 Å². The van der Waals surface area contributed by atoms with E-state index in [9.17, 15) is 13.6 Å². The van der Waals surface area contributed by atoms with Gasteiger partial charge in [0.2, 0.25) is 11.6 Å². The first-order chi connectivity index (χ1) is 10.6. The van der Waals surface area contributed by atoms with E-state index in [1.54, 1.807) is 0 Å². The van der Waals surface area contributed by atoms with Crippen LogP contribution in [0.25, 0.3) is 0 Å². The quantitative estimate of drug-likeness (QED) is 0.816. The van der Waals surface area contributed by atoms with Gasteiger partial charge in [-0.3, -0.25) is 4.79 Å². The molecule has 2 heterocycles. The van der Waals surface area contributed by atoms with Crippen LogP contribution in [0.3, 0.4) is 0 Å². The van der Waals surface area contributed by atoms with Crippen LogP contribution in [-0.2, 0) is 6.42 Å². The number of ketones is 1. The number of Topliss-reactive ketones (excluding diaryl/α,β-unsaturated/α-hetero) is 1. The number of fused-ring (bicyclic) bond motifs is 1. The summed E-state index contributed by atoms with van der Waals surface area (Å²) in [4.78, 5) is 16.0. The molecule has 22 heavy (non-hydrogen) atoms. The van der Waals surface area contributed by atoms with E-state index < -0.39 is 24.0 Å². The molecule has 4 atom stereocenters. The number of carbonyl (C=O) groups is 1. The van der Waals surface area contributed by atoms with Crippen LogP contribution in [0.1, 0.15) is 47.1 Å². The van der Waals surface area contributed by atoms with Crippen LogP contribution in [0.4, 0.5) is 8.78 Å². The fraction of sp³-hybridized carbons (Fsp3) is 0.438. The van der Waals surface area contributed by atoms with Crippen molar-refractivity contribution in [2.24, 2.45) is 5.92 Å². The summed E-state index contributed by atoms with van der Waals surface area (Å²) in [6, 6.07) is 9.60. The number of hydrogen-bond acceptors (Lipinski definition) is 3. The van der Waals surface area contributed by atoms with E-state index in [0.717, 1.165) is 5.56 Å². The van der Waals surface area contributed by atoms with E-state index >= 15 is 0 Å². The van der Waals surface area contributed by atoms with Crippen molar-refractivity contribution in [3.8, 4) is 0 Å². The Bertz CT molecular complexity index is 715. The van der Waals surface area contributed by atoms with Crippen molar-refractivity contribution in [2.45, 2.75) is 37.6 Å². The summed E-state index contributed by atoms with van der Waals surface area (Å²) in [5, 5.41) is 4.16. The Labute approximate surface area is 126 Å². The van der Waals surface area contributed by atoms with E-state index in [0.29, 0.717) is 12.8 Å². The number of benzene rings is 1. The third kappa shape index (κ3) is 2.23. The third-order valence-corrected chi connectivity index (χ3v) is 4.35. The predicted molar refractivity (Wildman–Crippen MR) is 75.0 cm³/mol. The van der Waals surface area contributed by atoms with Gasteiger partial charge in [-0.2, -0.15) is 0 Å². The van der Waals surface area contributed by atoms with Gasteiger partial charge in [-0.05, 0) is 18.4 Å². The molecule has 0 N–H and O–H groups in total. The van der Waals surface area contributed by atoms with Gasteiger partial charge in [0.1, 0.15) is 6.17 Å². The van der Waals surface area contributed by atoms with Crippen molar-refractivity contribution < 1.29 is 13.6 Å². The van der Waals surface area contributed by atoms with Gasteiger partial charge in [-0.25, -0.2) is 18.4 Å². The summed E-state index contributed by atoms with van der Waals surface area (Å²) in [6.45, 7) is 0. The largest absolute Gasteiger partial charge is 0.290 e.